The maximum absolute atomic E-state index is 12.5. The summed E-state index contributed by atoms with van der Waals surface area (Å²) in [4.78, 5) is 16.8. The fraction of sp³-hybridized carbons (Fsp3) is 0. The summed E-state index contributed by atoms with van der Waals surface area (Å²) >= 11 is 13.5. The molecular formula is C20H12Cl2N2O2S. The van der Waals surface area contributed by atoms with Gasteiger partial charge in [0.15, 0.2) is 5.13 Å². The van der Waals surface area contributed by atoms with Gasteiger partial charge in [-0.25, -0.2) is 4.98 Å². The van der Waals surface area contributed by atoms with Crippen molar-refractivity contribution in [2.24, 2.45) is 0 Å². The number of fused-ring (bicyclic) bond motifs is 1. The van der Waals surface area contributed by atoms with Crippen LogP contribution in [0, 0.1) is 0 Å². The molecule has 0 saturated carbocycles. The Kier molecular flexibility index (Phi) is 4.99. The molecule has 1 heterocycles. The van der Waals surface area contributed by atoms with Gasteiger partial charge in [-0.15, -0.1) is 0 Å². The number of hydrogen-bond acceptors (Lipinski definition) is 4. The van der Waals surface area contributed by atoms with Crippen LogP contribution >= 0.6 is 34.5 Å². The van der Waals surface area contributed by atoms with Crippen LogP contribution < -0.4 is 10.1 Å². The van der Waals surface area contributed by atoms with E-state index >= 15 is 0 Å². The predicted octanol–water partition coefficient (Wildman–Crippen LogP) is 6.65. The Bertz CT molecular complexity index is 1110. The molecule has 27 heavy (non-hydrogen) atoms. The van der Waals surface area contributed by atoms with E-state index in [0.29, 0.717) is 32.0 Å². The minimum absolute atomic E-state index is 0.262. The maximum Gasteiger partial charge on any atom is 0.257 e. The number of aromatic nitrogens is 1. The number of hydrogen-bond donors (Lipinski definition) is 1. The number of benzene rings is 3. The third-order valence-corrected chi connectivity index (χ3v) is 5.15. The second-order valence-corrected chi connectivity index (χ2v) is 7.52. The highest BCUT2D eigenvalue weighted by molar-refractivity contribution is 7.22. The monoisotopic (exact) mass is 414 g/mol. The van der Waals surface area contributed by atoms with Gasteiger partial charge in [0.05, 0.1) is 9.72 Å². The number of nitrogens with one attached hydrogen (secondary N) is 1. The van der Waals surface area contributed by atoms with E-state index in [2.05, 4.69) is 10.3 Å². The number of thiazole rings is 1. The summed E-state index contributed by atoms with van der Waals surface area (Å²) < 4.78 is 6.54. The third-order valence-electron chi connectivity index (χ3n) is 3.73. The van der Waals surface area contributed by atoms with Crippen LogP contribution in [0.3, 0.4) is 0 Å². The van der Waals surface area contributed by atoms with Crippen molar-refractivity contribution in [3.8, 4) is 11.5 Å². The molecule has 1 aromatic heterocycles. The zero-order valence-electron chi connectivity index (χ0n) is 13.8. The molecule has 0 aliphatic heterocycles. The van der Waals surface area contributed by atoms with E-state index in [9.17, 15) is 4.79 Å². The van der Waals surface area contributed by atoms with E-state index in [4.69, 9.17) is 27.9 Å². The fourth-order valence-corrected chi connectivity index (χ4v) is 4.06. The van der Waals surface area contributed by atoms with Gasteiger partial charge in [-0.05, 0) is 48.5 Å². The van der Waals surface area contributed by atoms with Crippen molar-refractivity contribution in [3.63, 3.8) is 0 Å². The minimum Gasteiger partial charge on any atom is -0.457 e. The van der Waals surface area contributed by atoms with Crippen LogP contribution in [0.15, 0.2) is 66.7 Å². The first-order valence-corrected chi connectivity index (χ1v) is 9.55. The van der Waals surface area contributed by atoms with E-state index < -0.39 is 0 Å². The lowest BCUT2D eigenvalue weighted by atomic mass is 10.2. The second kappa shape index (κ2) is 7.56. The van der Waals surface area contributed by atoms with Crippen molar-refractivity contribution in [3.05, 3.63) is 82.3 Å². The number of carbonyl (C=O) groups excluding carboxylic acids is 1. The van der Waals surface area contributed by atoms with Crippen molar-refractivity contribution in [2.45, 2.75) is 0 Å². The smallest absolute Gasteiger partial charge is 0.257 e. The first-order valence-electron chi connectivity index (χ1n) is 7.98. The van der Waals surface area contributed by atoms with Crippen LogP contribution in [0.5, 0.6) is 11.5 Å². The van der Waals surface area contributed by atoms with Gasteiger partial charge in [-0.3, -0.25) is 10.1 Å². The van der Waals surface area contributed by atoms with Crippen LogP contribution in [-0.2, 0) is 0 Å². The van der Waals surface area contributed by atoms with Crippen LogP contribution in [0.4, 0.5) is 5.13 Å². The van der Waals surface area contributed by atoms with Crippen molar-refractivity contribution in [1.29, 1.82) is 0 Å². The van der Waals surface area contributed by atoms with E-state index in [1.807, 2.05) is 30.3 Å². The molecule has 7 heteroatoms. The molecule has 0 atom stereocenters. The maximum atomic E-state index is 12.5. The number of halogens is 2. The van der Waals surface area contributed by atoms with Crippen LogP contribution in [0.1, 0.15) is 10.4 Å². The van der Waals surface area contributed by atoms with Crippen LogP contribution in [0.25, 0.3) is 10.2 Å². The number of para-hydroxylation sites is 1. The second-order valence-electron chi connectivity index (χ2n) is 5.65. The van der Waals surface area contributed by atoms with Gasteiger partial charge in [0.25, 0.3) is 5.91 Å². The SMILES string of the molecule is O=C(Nc1nc2c(Cl)cc(Cl)cc2s1)c1ccc(Oc2ccccc2)cc1. The molecule has 4 rings (SSSR count). The Hall–Kier alpha value is -2.60. The number of carbonyl (C=O) groups is 1. The highest BCUT2D eigenvalue weighted by Gasteiger charge is 2.12. The Morgan fingerprint density at radius 2 is 1.67 bits per heavy atom. The van der Waals surface area contributed by atoms with Crippen LogP contribution in [-0.4, -0.2) is 10.9 Å². The molecule has 1 amide bonds. The lowest BCUT2D eigenvalue weighted by molar-refractivity contribution is 0.102. The molecule has 0 radical (unpaired) electrons. The number of anilines is 1. The molecule has 3 aromatic carbocycles. The molecule has 0 bridgehead atoms. The Morgan fingerprint density at radius 1 is 0.963 bits per heavy atom. The van der Waals surface area contributed by atoms with E-state index in [-0.39, 0.29) is 5.91 Å². The standard InChI is InChI=1S/C20H12Cl2N2O2S/c21-13-10-16(22)18-17(11-13)27-20(23-18)24-19(25)12-6-8-15(9-7-12)26-14-4-2-1-3-5-14/h1-11H,(H,23,24,25). The van der Waals surface area contributed by atoms with E-state index in [1.54, 1.807) is 36.4 Å². The Balaban J connectivity index is 1.49. The normalized spacial score (nSPS) is 10.7. The molecule has 4 nitrogen and oxygen atoms in total. The lowest BCUT2D eigenvalue weighted by Gasteiger charge is -2.06. The first-order chi connectivity index (χ1) is 13.1. The first kappa shape index (κ1) is 17.8. The highest BCUT2D eigenvalue weighted by Crippen LogP contribution is 2.34. The third kappa shape index (κ3) is 4.06. The summed E-state index contributed by atoms with van der Waals surface area (Å²) in [6.45, 7) is 0. The predicted molar refractivity (Wildman–Crippen MR) is 111 cm³/mol. The molecule has 0 spiro atoms. The molecular weight excluding hydrogens is 403 g/mol. The van der Waals surface area contributed by atoms with Gasteiger partial charge < -0.3 is 4.74 Å². The zero-order valence-corrected chi connectivity index (χ0v) is 16.1. The molecule has 1 N–H and O–H groups in total. The van der Waals surface area contributed by atoms with E-state index in [0.717, 1.165) is 10.4 Å². The number of nitrogens with zero attached hydrogens (tertiary/aromatic N) is 1. The summed E-state index contributed by atoms with van der Waals surface area (Å²) in [5.74, 6) is 1.13. The Labute approximate surface area is 169 Å². The Morgan fingerprint density at radius 3 is 2.41 bits per heavy atom. The number of rotatable bonds is 4. The van der Waals surface area contributed by atoms with Crippen molar-refractivity contribution in [1.82, 2.24) is 4.98 Å². The number of ether oxygens (including phenoxy) is 1. The van der Waals surface area contributed by atoms with Gasteiger partial charge in [0.2, 0.25) is 0 Å². The van der Waals surface area contributed by atoms with Crippen LogP contribution in [0.2, 0.25) is 10.0 Å². The van der Waals surface area contributed by atoms with Crippen molar-refractivity contribution in [2.75, 3.05) is 5.32 Å². The lowest BCUT2D eigenvalue weighted by Crippen LogP contribution is -2.11. The minimum atomic E-state index is -0.262. The molecule has 0 saturated heterocycles. The summed E-state index contributed by atoms with van der Waals surface area (Å²) in [6, 6.07) is 19.7. The van der Waals surface area contributed by atoms with E-state index in [1.165, 1.54) is 11.3 Å². The van der Waals surface area contributed by atoms with Gasteiger partial charge in [0.1, 0.15) is 17.0 Å². The van der Waals surface area contributed by atoms with Gasteiger partial charge in [0, 0.05) is 10.6 Å². The van der Waals surface area contributed by atoms with Crippen molar-refractivity contribution < 1.29 is 9.53 Å². The number of amides is 1. The summed E-state index contributed by atoms with van der Waals surface area (Å²) in [6.07, 6.45) is 0. The average Bonchev–Trinajstić information content (AvgIpc) is 3.06. The molecule has 0 unspecified atom stereocenters. The van der Waals surface area contributed by atoms with Gasteiger partial charge in [-0.2, -0.15) is 0 Å². The molecule has 0 aliphatic rings. The largest absolute Gasteiger partial charge is 0.457 e. The topological polar surface area (TPSA) is 51.2 Å². The molecule has 0 fully saturated rings. The molecule has 4 aromatic rings. The average molecular weight is 415 g/mol. The summed E-state index contributed by atoms with van der Waals surface area (Å²) in [5.41, 5.74) is 1.12. The molecule has 134 valence electrons. The molecule has 0 aliphatic carbocycles. The zero-order chi connectivity index (χ0) is 18.8. The fourth-order valence-electron chi connectivity index (χ4n) is 2.48. The van der Waals surface area contributed by atoms with Crippen molar-refractivity contribution >= 4 is 55.8 Å². The van der Waals surface area contributed by atoms with Gasteiger partial charge in [-0.1, -0.05) is 52.7 Å². The summed E-state index contributed by atoms with van der Waals surface area (Å²) in [5, 5.41) is 4.24. The quantitative estimate of drug-likeness (QED) is 0.406. The van der Waals surface area contributed by atoms with Gasteiger partial charge >= 0.3 is 0 Å². The summed E-state index contributed by atoms with van der Waals surface area (Å²) in [7, 11) is 0. The highest BCUT2D eigenvalue weighted by atomic mass is 35.5.